The number of amides is 2. The summed E-state index contributed by atoms with van der Waals surface area (Å²) in [4.78, 5) is 25.2. The summed E-state index contributed by atoms with van der Waals surface area (Å²) in [5.41, 5.74) is 2.34. The van der Waals surface area contributed by atoms with Crippen LogP contribution in [0.3, 0.4) is 0 Å². The molecule has 0 unspecified atom stereocenters. The van der Waals surface area contributed by atoms with Gasteiger partial charge in [0.25, 0.3) is 5.91 Å². The second-order valence-electron chi connectivity index (χ2n) is 7.08. The van der Waals surface area contributed by atoms with Crippen molar-refractivity contribution in [1.29, 1.82) is 0 Å². The molecule has 1 heterocycles. The van der Waals surface area contributed by atoms with E-state index in [1.54, 1.807) is 31.2 Å². The number of aryl methyl sites for hydroxylation is 1. The lowest BCUT2D eigenvalue weighted by Crippen LogP contribution is -2.45. The van der Waals surface area contributed by atoms with Gasteiger partial charge in [-0.05, 0) is 49.6 Å². The Balaban J connectivity index is 1.44. The summed E-state index contributed by atoms with van der Waals surface area (Å²) in [5, 5.41) is 9.43. The Labute approximate surface area is 162 Å². The number of anilines is 2. The van der Waals surface area contributed by atoms with Gasteiger partial charge in [0, 0.05) is 11.4 Å². The van der Waals surface area contributed by atoms with Crippen LogP contribution in [0.2, 0.25) is 0 Å². The molecule has 1 aliphatic rings. The van der Waals surface area contributed by atoms with Crippen molar-refractivity contribution < 1.29 is 14.1 Å². The molecule has 3 aromatic rings. The van der Waals surface area contributed by atoms with Gasteiger partial charge in [0.1, 0.15) is 11.3 Å². The molecule has 0 bridgehead atoms. The standard InChI is InChI=1S/C22H21N3O3/c1-15-19(14-23-28-15)20(26)24-17-8-10-18(11-9-17)25-21(27)22(12-5-13-22)16-6-3-2-4-7-16/h2-4,6-11,14H,5,12-13H2,1H3,(H,24,26)(H,25,27). The number of nitrogens with one attached hydrogen (secondary N) is 2. The van der Waals surface area contributed by atoms with Crippen molar-refractivity contribution in [1.82, 2.24) is 5.16 Å². The minimum Gasteiger partial charge on any atom is -0.361 e. The second-order valence-corrected chi connectivity index (χ2v) is 7.08. The fourth-order valence-corrected chi connectivity index (χ4v) is 3.54. The van der Waals surface area contributed by atoms with Gasteiger partial charge < -0.3 is 15.2 Å². The maximum atomic E-state index is 13.0. The van der Waals surface area contributed by atoms with Crippen molar-refractivity contribution in [2.75, 3.05) is 10.6 Å². The van der Waals surface area contributed by atoms with Crippen LogP contribution in [0.4, 0.5) is 11.4 Å². The fraction of sp³-hybridized carbons (Fsp3) is 0.227. The number of benzene rings is 2. The Morgan fingerprint density at radius 2 is 1.61 bits per heavy atom. The van der Waals surface area contributed by atoms with Gasteiger partial charge in [-0.25, -0.2) is 0 Å². The maximum Gasteiger partial charge on any atom is 0.260 e. The molecule has 6 heteroatoms. The first-order chi connectivity index (χ1) is 13.6. The summed E-state index contributed by atoms with van der Waals surface area (Å²) in [5.74, 6) is 0.197. The summed E-state index contributed by atoms with van der Waals surface area (Å²) >= 11 is 0. The molecule has 28 heavy (non-hydrogen) atoms. The topological polar surface area (TPSA) is 84.2 Å². The first-order valence-corrected chi connectivity index (χ1v) is 9.28. The van der Waals surface area contributed by atoms with Crippen molar-refractivity contribution in [2.24, 2.45) is 0 Å². The molecule has 6 nitrogen and oxygen atoms in total. The smallest absolute Gasteiger partial charge is 0.260 e. The first kappa shape index (κ1) is 18.0. The van der Waals surface area contributed by atoms with Gasteiger partial charge in [0.2, 0.25) is 5.91 Å². The zero-order valence-corrected chi connectivity index (χ0v) is 15.6. The third-order valence-corrected chi connectivity index (χ3v) is 5.36. The van der Waals surface area contributed by atoms with Gasteiger partial charge in [-0.1, -0.05) is 41.9 Å². The van der Waals surface area contributed by atoms with Crippen molar-refractivity contribution in [3.8, 4) is 0 Å². The molecule has 0 radical (unpaired) electrons. The predicted octanol–water partition coefficient (Wildman–Crippen LogP) is 4.30. The van der Waals surface area contributed by atoms with E-state index in [1.165, 1.54) is 6.20 Å². The van der Waals surface area contributed by atoms with Crippen LogP contribution in [0.5, 0.6) is 0 Å². The molecule has 1 saturated carbocycles. The van der Waals surface area contributed by atoms with Crippen molar-refractivity contribution in [2.45, 2.75) is 31.6 Å². The molecule has 1 fully saturated rings. The molecule has 0 aliphatic heterocycles. The molecule has 2 amide bonds. The largest absolute Gasteiger partial charge is 0.361 e. The molecule has 0 saturated heterocycles. The highest BCUT2D eigenvalue weighted by molar-refractivity contribution is 6.05. The Kier molecular flexibility index (Phi) is 4.69. The lowest BCUT2D eigenvalue weighted by Gasteiger charge is -2.40. The van der Waals surface area contributed by atoms with Gasteiger partial charge in [-0.15, -0.1) is 0 Å². The van der Waals surface area contributed by atoms with Crippen LogP contribution in [0.25, 0.3) is 0 Å². The van der Waals surface area contributed by atoms with Gasteiger partial charge in [0.05, 0.1) is 11.6 Å². The molecule has 1 aliphatic carbocycles. The van der Waals surface area contributed by atoms with Gasteiger partial charge in [-0.3, -0.25) is 9.59 Å². The van der Waals surface area contributed by atoms with E-state index in [0.717, 1.165) is 24.8 Å². The van der Waals surface area contributed by atoms with Crippen LogP contribution in [0.15, 0.2) is 65.3 Å². The lowest BCUT2D eigenvalue weighted by atomic mass is 9.64. The molecule has 142 valence electrons. The maximum absolute atomic E-state index is 13.0. The molecule has 2 aromatic carbocycles. The SMILES string of the molecule is Cc1oncc1C(=O)Nc1ccc(NC(=O)C2(c3ccccc3)CCC2)cc1. The number of rotatable bonds is 5. The highest BCUT2D eigenvalue weighted by Gasteiger charge is 2.45. The summed E-state index contributed by atoms with van der Waals surface area (Å²) in [6, 6.07) is 17.0. The third kappa shape index (κ3) is 3.29. The molecule has 2 N–H and O–H groups in total. The number of carbonyl (C=O) groups is 2. The van der Waals surface area contributed by atoms with Gasteiger partial charge in [0.15, 0.2) is 0 Å². The summed E-state index contributed by atoms with van der Waals surface area (Å²) in [6.07, 6.45) is 4.15. The predicted molar refractivity (Wildman–Crippen MR) is 106 cm³/mol. The number of hydrogen-bond donors (Lipinski definition) is 2. The zero-order chi connectivity index (χ0) is 19.6. The average Bonchev–Trinajstić information content (AvgIpc) is 3.09. The van der Waals surface area contributed by atoms with Crippen LogP contribution in [-0.2, 0) is 10.2 Å². The quantitative estimate of drug-likeness (QED) is 0.696. The van der Waals surface area contributed by atoms with E-state index in [0.29, 0.717) is 22.7 Å². The minimum absolute atomic E-state index is 0.0156. The van der Waals surface area contributed by atoms with E-state index < -0.39 is 5.41 Å². The monoisotopic (exact) mass is 375 g/mol. The van der Waals surface area contributed by atoms with Gasteiger partial charge >= 0.3 is 0 Å². The Morgan fingerprint density at radius 1 is 0.964 bits per heavy atom. The Bertz CT molecular complexity index is 989. The van der Waals surface area contributed by atoms with E-state index in [9.17, 15) is 9.59 Å². The van der Waals surface area contributed by atoms with Crippen LogP contribution in [-0.4, -0.2) is 17.0 Å². The molecule has 0 spiro atoms. The highest BCUT2D eigenvalue weighted by Crippen LogP contribution is 2.44. The average molecular weight is 375 g/mol. The molecule has 1 aromatic heterocycles. The third-order valence-electron chi connectivity index (χ3n) is 5.36. The van der Waals surface area contributed by atoms with Crippen LogP contribution < -0.4 is 10.6 Å². The molecular formula is C22H21N3O3. The molecule has 4 rings (SSSR count). The van der Waals surface area contributed by atoms with E-state index in [-0.39, 0.29) is 11.8 Å². The van der Waals surface area contributed by atoms with E-state index in [1.807, 2.05) is 30.3 Å². The Morgan fingerprint density at radius 3 is 2.14 bits per heavy atom. The van der Waals surface area contributed by atoms with E-state index in [2.05, 4.69) is 15.8 Å². The zero-order valence-electron chi connectivity index (χ0n) is 15.6. The molecular weight excluding hydrogens is 354 g/mol. The van der Waals surface area contributed by atoms with Crippen molar-refractivity contribution in [3.63, 3.8) is 0 Å². The van der Waals surface area contributed by atoms with Crippen LogP contribution >= 0.6 is 0 Å². The highest BCUT2D eigenvalue weighted by atomic mass is 16.5. The molecule has 0 atom stereocenters. The Hall–Kier alpha value is -3.41. The van der Waals surface area contributed by atoms with Crippen molar-refractivity contribution >= 4 is 23.2 Å². The summed E-state index contributed by atoms with van der Waals surface area (Å²) < 4.78 is 4.91. The minimum atomic E-state index is -0.444. The van der Waals surface area contributed by atoms with Crippen LogP contribution in [0, 0.1) is 6.92 Å². The number of nitrogens with zero attached hydrogens (tertiary/aromatic N) is 1. The number of carbonyl (C=O) groups excluding carboxylic acids is 2. The lowest BCUT2D eigenvalue weighted by molar-refractivity contribution is -0.124. The van der Waals surface area contributed by atoms with Crippen LogP contribution in [0.1, 0.15) is 40.9 Å². The van der Waals surface area contributed by atoms with E-state index >= 15 is 0 Å². The fourth-order valence-electron chi connectivity index (χ4n) is 3.54. The van der Waals surface area contributed by atoms with E-state index in [4.69, 9.17) is 4.52 Å². The van der Waals surface area contributed by atoms with Crippen molar-refractivity contribution in [3.05, 3.63) is 77.7 Å². The normalized spacial score (nSPS) is 14.8. The number of aromatic nitrogens is 1. The van der Waals surface area contributed by atoms with Gasteiger partial charge in [-0.2, -0.15) is 0 Å². The number of hydrogen-bond acceptors (Lipinski definition) is 4. The summed E-state index contributed by atoms with van der Waals surface area (Å²) in [7, 11) is 0. The second kappa shape index (κ2) is 7.31. The summed E-state index contributed by atoms with van der Waals surface area (Å²) in [6.45, 7) is 1.68. The first-order valence-electron chi connectivity index (χ1n) is 9.28.